The molecule has 8 rings (SSSR count). The number of anilines is 1. The molecule has 0 saturated carbocycles. The van der Waals surface area contributed by atoms with Crippen LogP contribution in [-0.4, -0.2) is 88.2 Å². The van der Waals surface area contributed by atoms with E-state index in [4.69, 9.17) is 29.5 Å². The Morgan fingerprint density at radius 3 is 2.55 bits per heavy atom. The Kier molecular flexibility index (Phi) is 8.48. The van der Waals surface area contributed by atoms with Gasteiger partial charge in [0.15, 0.2) is 5.82 Å². The second-order valence-electron chi connectivity index (χ2n) is 12.9. The van der Waals surface area contributed by atoms with Gasteiger partial charge in [0, 0.05) is 25.8 Å². The summed E-state index contributed by atoms with van der Waals surface area (Å²) in [5.74, 6) is -0.507. The highest BCUT2D eigenvalue weighted by atomic mass is 19.1. The third-order valence-corrected chi connectivity index (χ3v) is 10.3. The quantitative estimate of drug-likeness (QED) is 0.270. The monoisotopic (exact) mass is 645 g/mol. The van der Waals surface area contributed by atoms with Crippen molar-refractivity contribution < 1.29 is 28.5 Å². The molecule has 0 amide bonds. The lowest BCUT2D eigenvalue weighted by molar-refractivity contribution is 0.108. The van der Waals surface area contributed by atoms with Gasteiger partial charge in [-0.15, -0.1) is 0 Å². The number of benzene rings is 2. The van der Waals surface area contributed by atoms with Crippen molar-refractivity contribution in [1.29, 1.82) is 0 Å². The van der Waals surface area contributed by atoms with Crippen molar-refractivity contribution in [3.05, 3.63) is 53.2 Å². The number of phenolic OH excluding ortho intramolecular Hbond substituents is 1. The van der Waals surface area contributed by atoms with E-state index in [1.165, 1.54) is 12.1 Å². The fraction of sp³-hybridized carbons (Fsp3) is 0.472. The molecule has 4 aromatic rings. The number of aliphatic hydroxyl groups excluding tert-OH is 1. The minimum Gasteiger partial charge on any atom is -0.508 e. The van der Waals surface area contributed by atoms with Gasteiger partial charge in [0.1, 0.15) is 35.2 Å². The van der Waals surface area contributed by atoms with Gasteiger partial charge < -0.3 is 24.6 Å². The second-order valence-corrected chi connectivity index (χ2v) is 12.9. The van der Waals surface area contributed by atoms with Crippen LogP contribution < -0.4 is 9.64 Å². The second kappa shape index (κ2) is 12.6. The number of hydrogen-bond donors (Lipinski definition) is 2. The molecular weight excluding hydrogens is 604 g/mol. The van der Waals surface area contributed by atoms with E-state index in [9.17, 15) is 5.11 Å². The van der Waals surface area contributed by atoms with Gasteiger partial charge in [-0.05, 0) is 98.6 Å². The van der Waals surface area contributed by atoms with Gasteiger partial charge in [0.2, 0.25) is 0 Å². The Balaban J connectivity index is 0.00000172. The lowest BCUT2D eigenvalue weighted by Gasteiger charge is -2.32. The number of aryl methyl sites for hydroxylation is 1. The Bertz CT molecular complexity index is 1870. The molecule has 1 atom stereocenters. The molecular formula is C36H41F2N5O4. The molecule has 3 fully saturated rings. The van der Waals surface area contributed by atoms with Crippen molar-refractivity contribution >= 4 is 33.1 Å². The number of hydrogen-bond acceptors (Lipinski definition) is 9. The van der Waals surface area contributed by atoms with Gasteiger partial charge in [-0.2, -0.15) is 9.97 Å². The summed E-state index contributed by atoms with van der Waals surface area (Å²) in [6.07, 6.45) is 7.69. The van der Waals surface area contributed by atoms with Crippen LogP contribution in [0.1, 0.15) is 57.2 Å². The highest BCUT2D eigenvalue weighted by molar-refractivity contribution is 6.05. The highest BCUT2D eigenvalue weighted by Crippen LogP contribution is 2.44. The molecule has 9 nitrogen and oxygen atoms in total. The van der Waals surface area contributed by atoms with Crippen molar-refractivity contribution in [1.82, 2.24) is 19.9 Å². The molecule has 248 valence electrons. The smallest absolute Gasteiger partial charge is 0.319 e. The molecule has 47 heavy (non-hydrogen) atoms. The minimum absolute atomic E-state index is 0.00625. The van der Waals surface area contributed by atoms with Crippen molar-refractivity contribution in [3.8, 4) is 23.0 Å². The van der Waals surface area contributed by atoms with Crippen LogP contribution in [0.5, 0.6) is 11.8 Å². The van der Waals surface area contributed by atoms with Crippen LogP contribution in [0.3, 0.4) is 0 Å². The van der Waals surface area contributed by atoms with Crippen LogP contribution in [0.4, 0.5) is 14.6 Å². The van der Waals surface area contributed by atoms with Crippen molar-refractivity contribution in [2.45, 2.75) is 64.0 Å². The molecule has 3 saturated heterocycles. The van der Waals surface area contributed by atoms with E-state index in [0.29, 0.717) is 71.6 Å². The molecule has 11 heteroatoms. The van der Waals surface area contributed by atoms with Crippen LogP contribution in [0.15, 0.2) is 30.3 Å². The van der Waals surface area contributed by atoms with Gasteiger partial charge in [-0.1, -0.05) is 19.1 Å². The molecule has 2 N–H and O–H groups in total. The van der Waals surface area contributed by atoms with Crippen molar-refractivity contribution in [2.24, 2.45) is 0 Å². The van der Waals surface area contributed by atoms with Crippen LogP contribution in [0.25, 0.3) is 38.5 Å². The zero-order valence-electron chi connectivity index (χ0n) is 27.2. The Hall–Kier alpha value is -3.93. The Labute approximate surface area is 272 Å². The number of fused-ring (bicyclic) bond motifs is 4. The van der Waals surface area contributed by atoms with Crippen LogP contribution in [0, 0.1) is 11.6 Å². The molecule has 2 aromatic carbocycles. The van der Waals surface area contributed by atoms with Gasteiger partial charge in [-0.3, -0.25) is 4.90 Å². The SMILES string of the molecule is CCc1c(F)ccc2cc(O)cc(-c3nc4c5c(nc(OCC67CCCN6CCC7)nc5c3F)N3CCCOCC3C=C4C)c12.CO. The molecule has 2 aromatic heterocycles. The first-order valence-corrected chi connectivity index (χ1v) is 16.6. The molecule has 0 bridgehead atoms. The zero-order chi connectivity index (χ0) is 32.9. The molecule has 6 heterocycles. The molecule has 0 aliphatic carbocycles. The number of nitrogens with zero attached hydrogens (tertiary/aromatic N) is 5. The number of halogens is 2. The summed E-state index contributed by atoms with van der Waals surface area (Å²) in [4.78, 5) is 19.3. The van der Waals surface area contributed by atoms with Crippen molar-refractivity contribution in [3.63, 3.8) is 0 Å². The predicted octanol–water partition coefficient (Wildman–Crippen LogP) is 6.02. The number of ether oxygens (including phenoxy) is 2. The number of allylic oxidation sites excluding steroid dienone is 1. The average molecular weight is 646 g/mol. The van der Waals surface area contributed by atoms with E-state index < -0.39 is 5.82 Å². The molecule has 0 spiro atoms. The summed E-state index contributed by atoms with van der Waals surface area (Å²) in [6, 6.07) is 6.04. The highest BCUT2D eigenvalue weighted by Gasteiger charge is 2.45. The summed E-state index contributed by atoms with van der Waals surface area (Å²) in [5, 5.41) is 19.4. The van der Waals surface area contributed by atoms with E-state index in [0.717, 1.165) is 57.9 Å². The maximum Gasteiger partial charge on any atom is 0.319 e. The number of phenols is 1. The van der Waals surface area contributed by atoms with Gasteiger partial charge in [0.25, 0.3) is 0 Å². The maximum absolute atomic E-state index is 17.1. The summed E-state index contributed by atoms with van der Waals surface area (Å²) >= 11 is 0. The topological polar surface area (TPSA) is 104 Å². The lowest BCUT2D eigenvalue weighted by Crippen LogP contribution is -2.43. The van der Waals surface area contributed by atoms with E-state index in [1.54, 1.807) is 12.1 Å². The molecule has 0 radical (unpaired) electrons. The largest absolute Gasteiger partial charge is 0.508 e. The third-order valence-electron chi connectivity index (χ3n) is 10.3. The first kappa shape index (κ1) is 31.7. The fourth-order valence-corrected chi connectivity index (χ4v) is 8.13. The van der Waals surface area contributed by atoms with Crippen LogP contribution >= 0.6 is 0 Å². The lowest BCUT2D eigenvalue weighted by atomic mass is 9.94. The van der Waals surface area contributed by atoms with Gasteiger partial charge >= 0.3 is 6.01 Å². The van der Waals surface area contributed by atoms with Gasteiger partial charge in [-0.25, -0.2) is 13.8 Å². The van der Waals surface area contributed by atoms with E-state index >= 15 is 8.78 Å². The maximum atomic E-state index is 17.1. The first-order chi connectivity index (χ1) is 22.9. The predicted molar refractivity (Wildman–Crippen MR) is 178 cm³/mol. The number of pyridine rings is 1. The molecule has 4 aliphatic rings. The number of aromatic nitrogens is 3. The van der Waals surface area contributed by atoms with Crippen LogP contribution in [0.2, 0.25) is 0 Å². The van der Waals surface area contributed by atoms with E-state index in [-0.39, 0.29) is 40.4 Å². The normalized spacial score (nSPS) is 20.3. The summed E-state index contributed by atoms with van der Waals surface area (Å²) in [5.41, 5.74) is 2.24. The standard InChI is InChI=1S/C35H37F2N5O3.CH4O/c1-3-24-26(36)8-7-21-16-23(43)17-25(27(21)24)31-29(37)32-28-30(38-31)20(2)15-22-18-44-14-6-13-42(22)33(28)40-34(39-32)45-19-35-9-4-11-41(35)12-5-10-35;1-2/h7-8,15-17,22,43H,3-6,9-14,18-19H2,1-2H3;2H,1H3. The summed E-state index contributed by atoms with van der Waals surface area (Å²) < 4.78 is 44.6. The van der Waals surface area contributed by atoms with Gasteiger partial charge in [0.05, 0.1) is 29.3 Å². The summed E-state index contributed by atoms with van der Waals surface area (Å²) in [6.45, 7) is 8.18. The van der Waals surface area contributed by atoms with Crippen LogP contribution in [-0.2, 0) is 11.2 Å². The fourth-order valence-electron chi connectivity index (χ4n) is 8.13. The number of aromatic hydroxyl groups is 1. The zero-order valence-corrected chi connectivity index (χ0v) is 27.2. The summed E-state index contributed by atoms with van der Waals surface area (Å²) in [7, 11) is 1.00. The van der Waals surface area contributed by atoms with E-state index in [2.05, 4.69) is 15.9 Å². The number of rotatable bonds is 5. The minimum atomic E-state index is -0.653. The average Bonchev–Trinajstić information content (AvgIpc) is 3.54. The Morgan fingerprint density at radius 1 is 1.00 bits per heavy atom. The number of aliphatic hydroxyl groups is 1. The molecule has 1 unspecified atom stereocenters. The third kappa shape index (κ3) is 5.28. The molecule has 4 aliphatic heterocycles. The van der Waals surface area contributed by atoms with Crippen molar-refractivity contribution in [2.75, 3.05) is 51.5 Å². The van der Waals surface area contributed by atoms with E-state index in [1.807, 2.05) is 13.8 Å². The Morgan fingerprint density at radius 2 is 1.79 bits per heavy atom. The first-order valence-electron chi connectivity index (χ1n) is 16.6.